The third-order valence-corrected chi connectivity index (χ3v) is 2.00. The Kier molecular flexibility index (Phi) is 5.00. The molecule has 0 aliphatic carbocycles. The molecule has 2 heteroatoms. The molecule has 2 aromatic rings. The largest absolute Gasteiger partial charge is 0.457 e. The number of aryl methyl sites for hydroxylation is 1. The number of ether oxygens (including phenoxy) is 1. The fourth-order valence-electron chi connectivity index (χ4n) is 1.23. The minimum absolute atomic E-state index is 0. The number of rotatable bonds is 2. The second-order valence-corrected chi connectivity index (χ2v) is 3.23. The predicted molar refractivity (Wildman–Crippen MR) is 57.7 cm³/mol. The van der Waals surface area contributed by atoms with Crippen molar-refractivity contribution in [1.82, 2.24) is 0 Å². The maximum atomic E-state index is 5.63. The average molecular weight is 273 g/mol. The molecule has 0 aliphatic heterocycles. The summed E-state index contributed by atoms with van der Waals surface area (Å²) in [5.41, 5.74) is 1.24. The Morgan fingerprint density at radius 1 is 0.733 bits per heavy atom. The standard InChI is InChI=1S/C13H12O.Y/c1-11-7-9-13(10-8-11)14-12-5-3-2-4-6-12;/h2-10H,1H3;. The summed E-state index contributed by atoms with van der Waals surface area (Å²) in [6.07, 6.45) is 0. The molecule has 0 amide bonds. The molecule has 0 aromatic heterocycles. The van der Waals surface area contributed by atoms with Crippen molar-refractivity contribution in [2.45, 2.75) is 6.92 Å². The van der Waals surface area contributed by atoms with Crippen LogP contribution >= 0.6 is 0 Å². The molecule has 0 spiro atoms. The van der Waals surface area contributed by atoms with Gasteiger partial charge in [-0.2, -0.15) is 0 Å². The predicted octanol–water partition coefficient (Wildman–Crippen LogP) is 3.78. The molecule has 0 bridgehead atoms. The van der Waals surface area contributed by atoms with E-state index in [0.29, 0.717) is 0 Å². The summed E-state index contributed by atoms with van der Waals surface area (Å²) in [6, 6.07) is 17.8. The van der Waals surface area contributed by atoms with Gasteiger partial charge >= 0.3 is 0 Å². The van der Waals surface area contributed by atoms with Gasteiger partial charge in [0, 0.05) is 32.7 Å². The van der Waals surface area contributed by atoms with Gasteiger partial charge in [0.15, 0.2) is 0 Å². The van der Waals surface area contributed by atoms with Gasteiger partial charge in [0.2, 0.25) is 0 Å². The molecule has 0 heterocycles. The molecule has 1 nitrogen and oxygen atoms in total. The Morgan fingerprint density at radius 2 is 1.27 bits per heavy atom. The normalized spacial score (nSPS) is 9.13. The smallest absolute Gasteiger partial charge is 0.127 e. The van der Waals surface area contributed by atoms with Crippen LogP contribution in [0.2, 0.25) is 0 Å². The van der Waals surface area contributed by atoms with Crippen molar-refractivity contribution < 1.29 is 37.4 Å². The zero-order chi connectivity index (χ0) is 9.80. The van der Waals surface area contributed by atoms with Crippen LogP contribution in [0.3, 0.4) is 0 Å². The summed E-state index contributed by atoms with van der Waals surface area (Å²) >= 11 is 0. The van der Waals surface area contributed by atoms with E-state index in [1.54, 1.807) is 0 Å². The van der Waals surface area contributed by atoms with Gasteiger partial charge in [-0.25, -0.2) is 0 Å². The molecule has 15 heavy (non-hydrogen) atoms. The van der Waals surface area contributed by atoms with Gasteiger partial charge in [0.05, 0.1) is 0 Å². The minimum atomic E-state index is 0. The van der Waals surface area contributed by atoms with Crippen molar-refractivity contribution in [2.75, 3.05) is 0 Å². The van der Waals surface area contributed by atoms with Crippen LogP contribution in [0.15, 0.2) is 54.6 Å². The average Bonchev–Trinajstić information content (AvgIpc) is 2.23. The summed E-state index contributed by atoms with van der Waals surface area (Å²) < 4.78 is 5.63. The molecule has 0 saturated heterocycles. The maximum absolute atomic E-state index is 5.63. The Labute approximate surface area is 115 Å². The summed E-state index contributed by atoms with van der Waals surface area (Å²) in [6.45, 7) is 2.06. The first-order chi connectivity index (χ1) is 6.84. The molecule has 0 atom stereocenters. The second kappa shape index (κ2) is 6.04. The Morgan fingerprint density at radius 3 is 1.87 bits per heavy atom. The maximum Gasteiger partial charge on any atom is 0.127 e. The van der Waals surface area contributed by atoms with Crippen molar-refractivity contribution in [3.8, 4) is 11.5 Å². The van der Waals surface area contributed by atoms with Gasteiger partial charge in [-0.15, -0.1) is 0 Å². The summed E-state index contributed by atoms with van der Waals surface area (Å²) in [5.74, 6) is 1.75. The van der Waals surface area contributed by atoms with Crippen LogP contribution in [-0.4, -0.2) is 0 Å². The summed E-state index contributed by atoms with van der Waals surface area (Å²) in [7, 11) is 0. The van der Waals surface area contributed by atoms with Crippen LogP contribution < -0.4 is 4.74 Å². The van der Waals surface area contributed by atoms with Crippen molar-refractivity contribution in [2.24, 2.45) is 0 Å². The SMILES string of the molecule is Cc1ccc(Oc2ccccc2)cc1.[Y]. The van der Waals surface area contributed by atoms with Gasteiger partial charge in [-0.05, 0) is 31.2 Å². The molecule has 0 N–H and O–H groups in total. The van der Waals surface area contributed by atoms with Crippen LogP contribution in [0, 0.1) is 6.92 Å². The van der Waals surface area contributed by atoms with E-state index < -0.39 is 0 Å². The van der Waals surface area contributed by atoms with Crippen molar-refractivity contribution >= 4 is 0 Å². The Balaban J connectivity index is 0.00000112. The molecule has 2 aromatic carbocycles. The van der Waals surface area contributed by atoms with E-state index in [1.807, 2.05) is 54.6 Å². The number of hydrogen-bond donors (Lipinski definition) is 0. The molecule has 1 radical (unpaired) electrons. The van der Waals surface area contributed by atoms with Crippen LogP contribution in [0.4, 0.5) is 0 Å². The number of para-hydroxylation sites is 1. The molecule has 73 valence electrons. The molecule has 0 fully saturated rings. The van der Waals surface area contributed by atoms with Crippen LogP contribution in [0.1, 0.15) is 5.56 Å². The third-order valence-electron chi connectivity index (χ3n) is 2.00. The fourth-order valence-corrected chi connectivity index (χ4v) is 1.23. The first kappa shape index (κ1) is 12.4. The first-order valence-corrected chi connectivity index (χ1v) is 4.64. The van der Waals surface area contributed by atoms with E-state index in [1.165, 1.54) is 5.56 Å². The minimum Gasteiger partial charge on any atom is -0.457 e. The molecule has 0 aliphatic rings. The van der Waals surface area contributed by atoms with Gasteiger partial charge in [-0.1, -0.05) is 35.9 Å². The summed E-state index contributed by atoms with van der Waals surface area (Å²) in [4.78, 5) is 0. The van der Waals surface area contributed by atoms with Gasteiger partial charge in [0.25, 0.3) is 0 Å². The topological polar surface area (TPSA) is 9.23 Å². The zero-order valence-corrected chi connectivity index (χ0v) is 11.5. The van der Waals surface area contributed by atoms with Crippen molar-refractivity contribution in [1.29, 1.82) is 0 Å². The molecular formula is C13H12OY. The monoisotopic (exact) mass is 273 g/mol. The van der Waals surface area contributed by atoms with Gasteiger partial charge < -0.3 is 4.74 Å². The summed E-state index contributed by atoms with van der Waals surface area (Å²) in [5, 5.41) is 0. The Bertz CT molecular complexity index is 395. The van der Waals surface area contributed by atoms with E-state index in [-0.39, 0.29) is 32.7 Å². The van der Waals surface area contributed by atoms with E-state index in [0.717, 1.165) is 11.5 Å². The Hall–Kier alpha value is -0.656. The fraction of sp³-hybridized carbons (Fsp3) is 0.0769. The van der Waals surface area contributed by atoms with E-state index >= 15 is 0 Å². The molecule has 2 rings (SSSR count). The molecule has 0 saturated carbocycles. The first-order valence-electron chi connectivity index (χ1n) is 4.64. The van der Waals surface area contributed by atoms with Crippen LogP contribution in [0.25, 0.3) is 0 Å². The number of benzene rings is 2. The third kappa shape index (κ3) is 3.77. The van der Waals surface area contributed by atoms with E-state index in [4.69, 9.17) is 4.74 Å². The van der Waals surface area contributed by atoms with Crippen molar-refractivity contribution in [3.63, 3.8) is 0 Å². The van der Waals surface area contributed by atoms with E-state index in [2.05, 4.69) is 6.92 Å². The molecular weight excluding hydrogens is 261 g/mol. The zero-order valence-electron chi connectivity index (χ0n) is 8.68. The van der Waals surface area contributed by atoms with Gasteiger partial charge in [-0.3, -0.25) is 0 Å². The quantitative estimate of drug-likeness (QED) is 0.809. The van der Waals surface area contributed by atoms with Crippen LogP contribution in [0.5, 0.6) is 11.5 Å². The number of hydrogen-bond acceptors (Lipinski definition) is 1. The van der Waals surface area contributed by atoms with E-state index in [9.17, 15) is 0 Å². The van der Waals surface area contributed by atoms with Gasteiger partial charge in [0.1, 0.15) is 11.5 Å². The van der Waals surface area contributed by atoms with Crippen molar-refractivity contribution in [3.05, 3.63) is 60.2 Å². The molecule has 0 unspecified atom stereocenters. The second-order valence-electron chi connectivity index (χ2n) is 3.23. The van der Waals surface area contributed by atoms with Crippen LogP contribution in [-0.2, 0) is 32.7 Å².